The van der Waals surface area contributed by atoms with Gasteiger partial charge in [-0.1, -0.05) is 72.8 Å². The van der Waals surface area contributed by atoms with Crippen LogP contribution in [0.25, 0.3) is 6.08 Å². The minimum atomic E-state index is -0.605. The number of amides is 3. The first-order valence-corrected chi connectivity index (χ1v) is 16.3. The monoisotopic (exact) mass is 665 g/mol. The van der Waals surface area contributed by atoms with Gasteiger partial charge in [-0.15, -0.1) is 11.8 Å². The van der Waals surface area contributed by atoms with Gasteiger partial charge in [0.25, 0.3) is 11.8 Å². The van der Waals surface area contributed by atoms with Gasteiger partial charge in [-0.2, -0.15) is 0 Å². The number of hydrogen-bond donors (Lipinski definition) is 3. The molecule has 0 aliphatic heterocycles. The number of benzene rings is 5. The van der Waals surface area contributed by atoms with Crippen LogP contribution in [0, 0.1) is 0 Å². The van der Waals surface area contributed by atoms with E-state index in [-0.39, 0.29) is 11.6 Å². The summed E-state index contributed by atoms with van der Waals surface area (Å²) in [5, 5.41) is 7.98. The molecule has 0 saturated carbocycles. The minimum Gasteiger partial charge on any atom is -0.465 e. The number of hydrogen-bond acceptors (Lipinski definition) is 6. The third kappa shape index (κ3) is 9.15. The van der Waals surface area contributed by atoms with E-state index in [1.54, 1.807) is 84.9 Å². The van der Waals surface area contributed by atoms with Crippen molar-refractivity contribution < 1.29 is 23.5 Å². The molecule has 5 aromatic carbocycles. The van der Waals surface area contributed by atoms with E-state index < -0.39 is 17.1 Å². The Balaban J connectivity index is 1.17. The summed E-state index contributed by atoms with van der Waals surface area (Å²) in [6, 6.07) is 45.3. The quantitative estimate of drug-likeness (QED) is 0.0890. The zero-order valence-corrected chi connectivity index (χ0v) is 26.9. The molecule has 242 valence electrons. The first kappa shape index (κ1) is 32.6. The molecule has 0 saturated heterocycles. The maximum atomic E-state index is 13.7. The van der Waals surface area contributed by atoms with Gasteiger partial charge in [-0.05, 0) is 84.4 Å². The second-order valence-electron chi connectivity index (χ2n) is 10.7. The highest BCUT2D eigenvalue weighted by Crippen LogP contribution is 2.37. The molecule has 0 bridgehead atoms. The number of nitrogens with one attached hydrogen (secondary N) is 3. The van der Waals surface area contributed by atoms with E-state index in [9.17, 15) is 14.4 Å². The highest BCUT2D eigenvalue weighted by atomic mass is 32.2. The zero-order valence-electron chi connectivity index (χ0n) is 26.1. The highest BCUT2D eigenvalue weighted by Gasteiger charge is 2.23. The van der Waals surface area contributed by atoms with Crippen LogP contribution in [0.15, 0.2) is 173 Å². The molecule has 0 radical (unpaired) electrons. The number of furan rings is 1. The zero-order chi connectivity index (χ0) is 33.8. The van der Waals surface area contributed by atoms with Crippen LogP contribution in [0.4, 0.5) is 11.4 Å². The summed E-state index contributed by atoms with van der Waals surface area (Å²) in [5.74, 6) is 0.583. The Labute approximate surface area is 287 Å². The van der Waals surface area contributed by atoms with Gasteiger partial charge in [0.05, 0.1) is 6.26 Å². The van der Waals surface area contributed by atoms with E-state index in [1.165, 1.54) is 24.1 Å². The van der Waals surface area contributed by atoms with E-state index in [0.29, 0.717) is 28.4 Å². The Kier molecular flexibility index (Phi) is 10.6. The van der Waals surface area contributed by atoms with Gasteiger partial charge in [-0.25, -0.2) is 0 Å². The average molecular weight is 666 g/mol. The van der Waals surface area contributed by atoms with Crippen molar-refractivity contribution in [1.82, 2.24) is 5.32 Å². The number of carbonyl (C=O) groups is 3. The fourth-order valence-corrected chi connectivity index (χ4v) is 5.86. The lowest BCUT2D eigenvalue weighted by Crippen LogP contribution is -2.30. The van der Waals surface area contributed by atoms with Crippen molar-refractivity contribution in [2.45, 2.75) is 10.1 Å². The van der Waals surface area contributed by atoms with E-state index in [1.807, 2.05) is 66.7 Å². The predicted octanol–water partition coefficient (Wildman–Crippen LogP) is 8.95. The molecule has 1 aromatic heterocycles. The van der Waals surface area contributed by atoms with Crippen molar-refractivity contribution in [1.29, 1.82) is 0 Å². The standard InChI is InChI=1S/C40H31N3O5S/c44-38(29-14-6-2-7-15-29)43-36(27-34-19-11-25-47-34)39(45)42-31-16-10-20-35(26-31)49-37(28-12-4-1-5-13-28)40(46)41-30-21-23-33(24-22-30)48-32-17-8-3-9-18-32/h1-27,37H,(H,41,46)(H,42,45)(H,43,44)/b36-27-. The Morgan fingerprint density at radius 3 is 2.02 bits per heavy atom. The van der Waals surface area contributed by atoms with Crippen molar-refractivity contribution >= 4 is 46.9 Å². The molecule has 6 aromatic rings. The van der Waals surface area contributed by atoms with Gasteiger partial charge in [0.1, 0.15) is 28.2 Å². The first-order chi connectivity index (χ1) is 24.0. The smallest absolute Gasteiger partial charge is 0.272 e. The molecule has 9 heteroatoms. The van der Waals surface area contributed by atoms with Gasteiger partial charge >= 0.3 is 0 Å². The summed E-state index contributed by atoms with van der Waals surface area (Å²) in [4.78, 5) is 40.9. The van der Waals surface area contributed by atoms with Gasteiger partial charge in [0.2, 0.25) is 5.91 Å². The van der Waals surface area contributed by atoms with Crippen LogP contribution in [0.1, 0.15) is 26.9 Å². The molecule has 1 heterocycles. The Hall–Kier alpha value is -6.32. The van der Waals surface area contributed by atoms with Crippen molar-refractivity contribution in [3.05, 3.63) is 181 Å². The molecule has 1 atom stereocenters. The number of carbonyl (C=O) groups excluding carboxylic acids is 3. The van der Waals surface area contributed by atoms with Crippen molar-refractivity contribution in [2.75, 3.05) is 10.6 Å². The van der Waals surface area contributed by atoms with Crippen LogP contribution >= 0.6 is 11.8 Å². The molecule has 8 nitrogen and oxygen atoms in total. The third-order valence-electron chi connectivity index (χ3n) is 7.15. The summed E-state index contributed by atoms with van der Waals surface area (Å²) in [6.45, 7) is 0. The molecule has 0 fully saturated rings. The molecule has 1 unspecified atom stereocenters. The van der Waals surface area contributed by atoms with Crippen LogP contribution in [0.3, 0.4) is 0 Å². The Bertz CT molecular complexity index is 2030. The predicted molar refractivity (Wildman–Crippen MR) is 192 cm³/mol. The average Bonchev–Trinajstić information content (AvgIpc) is 3.66. The lowest BCUT2D eigenvalue weighted by Gasteiger charge is -2.18. The molecular weight excluding hydrogens is 635 g/mol. The number of rotatable bonds is 12. The molecule has 6 rings (SSSR count). The normalized spacial score (nSPS) is 11.6. The second-order valence-corrected chi connectivity index (χ2v) is 11.9. The third-order valence-corrected chi connectivity index (χ3v) is 8.39. The van der Waals surface area contributed by atoms with Crippen LogP contribution in [-0.4, -0.2) is 17.7 Å². The molecule has 0 aliphatic carbocycles. The van der Waals surface area contributed by atoms with E-state index in [2.05, 4.69) is 16.0 Å². The van der Waals surface area contributed by atoms with Crippen molar-refractivity contribution in [2.24, 2.45) is 0 Å². The topological polar surface area (TPSA) is 110 Å². The largest absolute Gasteiger partial charge is 0.465 e. The van der Waals surface area contributed by atoms with Crippen molar-refractivity contribution in [3.63, 3.8) is 0 Å². The summed E-state index contributed by atoms with van der Waals surface area (Å²) in [6.07, 6.45) is 2.95. The number of anilines is 2. The van der Waals surface area contributed by atoms with Crippen LogP contribution in [0.5, 0.6) is 11.5 Å². The molecule has 0 spiro atoms. The molecular formula is C40H31N3O5S. The number of thioether (sulfide) groups is 1. The lowest BCUT2D eigenvalue weighted by molar-refractivity contribution is -0.116. The summed E-state index contributed by atoms with van der Waals surface area (Å²) >= 11 is 1.35. The van der Waals surface area contributed by atoms with Gasteiger partial charge in [-0.3, -0.25) is 14.4 Å². The molecule has 0 aliphatic rings. The lowest BCUT2D eigenvalue weighted by atomic mass is 10.1. The second kappa shape index (κ2) is 16.0. The summed E-state index contributed by atoms with van der Waals surface area (Å²) < 4.78 is 11.3. The summed E-state index contributed by atoms with van der Waals surface area (Å²) in [7, 11) is 0. The summed E-state index contributed by atoms with van der Waals surface area (Å²) in [5.41, 5.74) is 2.33. The SMILES string of the molecule is O=C(Nc1cccc(SC(C(=O)Nc2ccc(Oc3ccccc3)cc2)c2ccccc2)c1)/C(=C/c1ccco1)NC(=O)c1ccccc1. The Morgan fingerprint density at radius 2 is 1.33 bits per heavy atom. The minimum absolute atomic E-state index is 0.00332. The van der Waals surface area contributed by atoms with Crippen molar-refractivity contribution in [3.8, 4) is 11.5 Å². The molecule has 3 amide bonds. The molecule has 49 heavy (non-hydrogen) atoms. The van der Waals surface area contributed by atoms with Crippen LogP contribution in [0.2, 0.25) is 0 Å². The first-order valence-electron chi connectivity index (χ1n) is 15.4. The van der Waals surface area contributed by atoms with Gasteiger partial charge in [0, 0.05) is 27.9 Å². The highest BCUT2D eigenvalue weighted by molar-refractivity contribution is 8.00. The fraction of sp³-hybridized carbons (Fsp3) is 0.0250. The van der Waals surface area contributed by atoms with Crippen LogP contribution < -0.4 is 20.7 Å². The van der Waals surface area contributed by atoms with Gasteiger partial charge < -0.3 is 25.1 Å². The number of para-hydroxylation sites is 1. The number of ether oxygens (including phenoxy) is 1. The van der Waals surface area contributed by atoms with E-state index in [0.717, 1.165) is 16.2 Å². The van der Waals surface area contributed by atoms with Crippen LogP contribution in [-0.2, 0) is 9.59 Å². The fourth-order valence-electron chi connectivity index (χ4n) is 4.78. The maximum Gasteiger partial charge on any atom is 0.272 e. The maximum absolute atomic E-state index is 13.7. The van der Waals surface area contributed by atoms with E-state index in [4.69, 9.17) is 9.15 Å². The Morgan fingerprint density at radius 1 is 0.653 bits per heavy atom. The van der Waals surface area contributed by atoms with E-state index >= 15 is 0 Å². The van der Waals surface area contributed by atoms with Gasteiger partial charge in [0.15, 0.2) is 0 Å². The molecule has 3 N–H and O–H groups in total.